The fourth-order valence-electron chi connectivity index (χ4n) is 0.798. The fraction of sp³-hybridized carbons (Fsp3) is 0.571. The van der Waals surface area contributed by atoms with E-state index in [1.165, 1.54) is 0 Å². The summed E-state index contributed by atoms with van der Waals surface area (Å²) in [5.41, 5.74) is -0.545. The van der Waals surface area contributed by atoms with Crippen LogP contribution in [0.4, 0.5) is 8.78 Å². The monoisotopic (exact) mass is 238 g/mol. The Hall–Kier alpha value is -0.450. The molecule has 1 aromatic heterocycles. The molecule has 0 radical (unpaired) electrons. The molecule has 0 aliphatic carbocycles. The maximum Gasteiger partial charge on any atom is 0.249 e. The Morgan fingerprint density at radius 3 is 2.00 bits per heavy atom. The van der Waals surface area contributed by atoms with E-state index in [4.69, 9.17) is 0 Å². The molecule has 0 unspecified atom stereocenters. The highest BCUT2D eigenvalue weighted by molar-refractivity contribution is 9.10. The first-order chi connectivity index (χ1) is 5.34. The lowest BCUT2D eigenvalue weighted by molar-refractivity contribution is 0.289. The van der Waals surface area contributed by atoms with Crippen molar-refractivity contribution in [1.82, 2.24) is 9.78 Å². The Balaban J connectivity index is 3.28. The van der Waals surface area contributed by atoms with Gasteiger partial charge in [-0.15, -0.1) is 0 Å². The highest BCUT2D eigenvalue weighted by Gasteiger charge is 2.24. The standard InChI is InChI=1S/C7H9BrF2N2/c1-7(2,3)12-6(10)4(9)5(8)11-12/h1-3H3. The minimum Gasteiger partial charge on any atom is -0.230 e. The van der Waals surface area contributed by atoms with Gasteiger partial charge in [0.15, 0.2) is 4.60 Å². The second-order valence-corrected chi connectivity index (χ2v) is 4.23. The van der Waals surface area contributed by atoms with Crippen molar-refractivity contribution in [2.45, 2.75) is 26.3 Å². The van der Waals surface area contributed by atoms with E-state index >= 15 is 0 Å². The molecule has 1 aromatic rings. The summed E-state index contributed by atoms with van der Waals surface area (Å²) in [5.74, 6) is -1.88. The molecule has 0 aliphatic heterocycles. The number of hydrogen-bond donors (Lipinski definition) is 0. The van der Waals surface area contributed by atoms with E-state index in [0.29, 0.717) is 0 Å². The van der Waals surface area contributed by atoms with Crippen molar-refractivity contribution < 1.29 is 8.78 Å². The molecule has 0 amide bonds. The van der Waals surface area contributed by atoms with Crippen LogP contribution in [0.15, 0.2) is 4.60 Å². The summed E-state index contributed by atoms with van der Waals surface area (Å²) in [7, 11) is 0. The first-order valence-corrected chi connectivity index (χ1v) is 4.23. The molecule has 0 aromatic carbocycles. The van der Waals surface area contributed by atoms with E-state index < -0.39 is 17.3 Å². The summed E-state index contributed by atoms with van der Waals surface area (Å²) in [4.78, 5) is 0. The summed E-state index contributed by atoms with van der Waals surface area (Å²) in [6, 6.07) is 0. The van der Waals surface area contributed by atoms with Gasteiger partial charge >= 0.3 is 0 Å². The lowest BCUT2D eigenvalue weighted by Gasteiger charge is -2.18. The molecule has 1 heterocycles. The Labute approximate surface area is 77.7 Å². The van der Waals surface area contributed by atoms with E-state index in [1.807, 2.05) is 0 Å². The van der Waals surface area contributed by atoms with E-state index in [0.717, 1.165) is 4.68 Å². The van der Waals surface area contributed by atoms with Crippen LogP contribution in [0.1, 0.15) is 20.8 Å². The molecule has 2 nitrogen and oxygen atoms in total. The van der Waals surface area contributed by atoms with Gasteiger partial charge in [-0.2, -0.15) is 13.9 Å². The van der Waals surface area contributed by atoms with E-state index in [2.05, 4.69) is 21.0 Å². The minimum atomic E-state index is -0.940. The topological polar surface area (TPSA) is 17.8 Å². The summed E-state index contributed by atoms with van der Waals surface area (Å²) >= 11 is 2.81. The smallest absolute Gasteiger partial charge is 0.230 e. The van der Waals surface area contributed by atoms with Crippen LogP contribution in [0, 0.1) is 11.8 Å². The quantitative estimate of drug-likeness (QED) is 0.680. The van der Waals surface area contributed by atoms with Gasteiger partial charge in [0, 0.05) is 0 Å². The molecule has 0 saturated carbocycles. The van der Waals surface area contributed by atoms with Gasteiger partial charge in [-0.1, -0.05) is 0 Å². The first-order valence-electron chi connectivity index (χ1n) is 3.44. The average molecular weight is 239 g/mol. The van der Waals surface area contributed by atoms with Gasteiger partial charge in [0.25, 0.3) is 0 Å². The summed E-state index contributed by atoms with van der Waals surface area (Å²) in [5, 5.41) is 3.66. The van der Waals surface area contributed by atoms with Crippen molar-refractivity contribution in [3.8, 4) is 0 Å². The third kappa shape index (κ3) is 1.50. The Morgan fingerprint density at radius 1 is 1.33 bits per heavy atom. The van der Waals surface area contributed by atoms with Gasteiger partial charge in [0.1, 0.15) is 0 Å². The predicted molar refractivity (Wildman–Crippen MR) is 44.8 cm³/mol. The highest BCUT2D eigenvalue weighted by atomic mass is 79.9. The molecule has 0 atom stereocenters. The van der Waals surface area contributed by atoms with Crippen LogP contribution in [0.3, 0.4) is 0 Å². The molecule has 0 saturated heterocycles. The molecule has 1 rings (SSSR count). The van der Waals surface area contributed by atoms with Crippen molar-refractivity contribution in [3.63, 3.8) is 0 Å². The van der Waals surface area contributed by atoms with Gasteiger partial charge in [0.2, 0.25) is 11.8 Å². The first kappa shape index (κ1) is 9.64. The molecular weight excluding hydrogens is 230 g/mol. The molecule has 0 spiro atoms. The van der Waals surface area contributed by atoms with Crippen molar-refractivity contribution in [2.75, 3.05) is 0 Å². The molecule has 68 valence electrons. The molecular formula is C7H9BrF2N2. The Bertz CT molecular complexity index is 301. The fourth-order valence-corrected chi connectivity index (χ4v) is 1.12. The third-order valence-electron chi connectivity index (χ3n) is 1.37. The van der Waals surface area contributed by atoms with Crippen molar-refractivity contribution in [1.29, 1.82) is 0 Å². The molecule has 0 bridgehead atoms. The van der Waals surface area contributed by atoms with E-state index in [-0.39, 0.29) is 4.60 Å². The van der Waals surface area contributed by atoms with Crippen LogP contribution in [0.2, 0.25) is 0 Å². The van der Waals surface area contributed by atoms with Gasteiger partial charge in [-0.3, -0.25) is 0 Å². The van der Waals surface area contributed by atoms with Gasteiger partial charge < -0.3 is 0 Å². The number of halogens is 3. The molecule has 5 heteroatoms. The maximum atomic E-state index is 13.0. The van der Waals surface area contributed by atoms with Crippen LogP contribution in [-0.2, 0) is 5.54 Å². The number of aromatic nitrogens is 2. The number of rotatable bonds is 0. The average Bonchev–Trinajstić information content (AvgIpc) is 2.15. The van der Waals surface area contributed by atoms with E-state index in [1.54, 1.807) is 20.8 Å². The molecule has 0 N–H and O–H groups in total. The van der Waals surface area contributed by atoms with Crippen LogP contribution in [-0.4, -0.2) is 9.78 Å². The SMILES string of the molecule is CC(C)(C)n1nc(Br)c(F)c1F. The maximum absolute atomic E-state index is 13.0. The Morgan fingerprint density at radius 2 is 1.83 bits per heavy atom. The molecule has 0 fully saturated rings. The highest BCUT2D eigenvalue weighted by Crippen LogP contribution is 2.22. The zero-order chi connectivity index (χ0) is 9.52. The Kier molecular flexibility index (Phi) is 2.25. The number of nitrogens with zero attached hydrogens (tertiary/aromatic N) is 2. The van der Waals surface area contributed by atoms with Crippen LogP contribution >= 0.6 is 15.9 Å². The third-order valence-corrected chi connectivity index (χ3v) is 1.88. The predicted octanol–water partition coefficient (Wildman–Crippen LogP) is 2.68. The van der Waals surface area contributed by atoms with Crippen molar-refractivity contribution >= 4 is 15.9 Å². The second kappa shape index (κ2) is 2.80. The molecule has 12 heavy (non-hydrogen) atoms. The lowest BCUT2D eigenvalue weighted by atomic mass is 10.1. The van der Waals surface area contributed by atoms with Crippen LogP contribution in [0.25, 0.3) is 0 Å². The lowest BCUT2D eigenvalue weighted by Crippen LogP contribution is -2.24. The minimum absolute atomic E-state index is 0.0880. The molecule has 0 aliphatic rings. The van der Waals surface area contributed by atoms with Gasteiger partial charge in [0.05, 0.1) is 5.54 Å². The zero-order valence-electron chi connectivity index (χ0n) is 7.03. The van der Waals surface area contributed by atoms with Gasteiger partial charge in [-0.05, 0) is 36.7 Å². The van der Waals surface area contributed by atoms with E-state index in [9.17, 15) is 8.78 Å². The number of hydrogen-bond acceptors (Lipinski definition) is 1. The van der Waals surface area contributed by atoms with Crippen molar-refractivity contribution in [2.24, 2.45) is 0 Å². The largest absolute Gasteiger partial charge is 0.249 e. The zero-order valence-corrected chi connectivity index (χ0v) is 8.61. The summed E-state index contributed by atoms with van der Waals surface area (Å²) < 4.78 is 26.7. The summed E-state index contributed by atoms with van der Waals surface area (Å²) in [6.45, 7) is 5.24. The second-order valence-electron chi connectivity index (χ2n) is 3.48. The van der Waals surface area contributed by atoms with Gasteiger partial charge in [-0.25, -0.2) is 4.68 Å². The van der Waals surface area contributed by atoms with Crippen LogP contribution < -0.4 is 0 Å². The van der Waals surface area contributed by atoms with Crippen LogP contribution in [0.5, 0.6) is 0 Å². The summed E-state index contributed by atoms with van der Waals surface area (Å²) in [6.07, 6.45) is 0. The van der Waals surface area contributed by atoms with Crippen molar-refractivity contribution in [3.05, 3.63) is 16.4 Å². The normalized spacial score (nSPS) is 12.2.